The van der Waals surface area contributed by atoms with Crippen molar-refractivity contribution in [3.63, 3.8) is 0 Å². The molecule has 0 aromatic heterocycles. The lowest BCUT2D eigenvalue weighted by Crippen LogP contribution is -2.56. The minimum atomic E-state index is 0.173. The van der Waals surface area contributed by atoms with Gasteiger partial charge in [-0.1, -0.05) is 54.8 Å². The van der Waals surface area contributed by atoms with Crippen LogP contribution in [0.1, 0.15) is 50.5 Å². The van der Waals surface area contributed by atoms with E-state index < -0.39 is 0 Å². The predicted molar refractivity (Wildman–Crippen MR) is 107 cm³/mol. The van der Waals surface area contributed by atoms with E-state index in [1.165, 1.54) is 36.8 Å². The van der Waals surface area contributed by atoms with Crippen molar-refractivity contribution in [2.24, 2.45) is 5.92 Å². The van der Waals surface area contributed by atoms with E-state index in [9.17, 15) is 4.79 Å². The van der Waals surface area contributed by atoms with Crippen molar-refractivity contribution in [3.8, 4) is 0 Å². The summed E-state index contributed by atoms with van der Waals surface area (Å²) in [6, 6.07) is 11.3. The van der Waals surface area contributed by atoms with Gasteiger partial charge in [-0.05, 0) is 43.6 Å². The van der Waals surface area contributed by atoms with E-state index in [4.69, 9.17) is 4.74 Å². The standard InChI is InChI=1S/C23H32N2O2/c26-23-17-20(19-10-13-27-14-11-19)16-22(24-23)25-12-6-2-5-9-21(25)15-18-7-3-1-4-8-18/h1,3-4,7-8,10,20-22H,2,5-6,9,11-17H2,(H,24,26)/t20?,21-,22?/m1/s1. The zero-order valence-corrected chi connectivity index (χ0v) is 16.2. The van der Waals surface area contributed by atoms with Gasteiger partial charge in [-0.2, -0.15) is 0 Å². The van der Waals surface area contributed by atoms with E-state index in [-0.39, 0.29) is 12.1 Å². The van der Waals surface area contributed by atoms with E-state index >= 15 is 0 Å². The highest BCUT2D eigenvalue weighted by atomic mass is 16.5. The van der Waals surface area contributed by atoms with E-state index in [2.05, 4.69) is 46.6 Å². The monoisotopic (exact) mass is 368 g/mol. The smallest absolute Gasteiger partial charge is 0.221 e. The number of amides is 1. The van der Waals surface area contributed by atoms with Gasteiger partial charge in [-0.25, -0.2) is 0 Å². The van der Waals surface area contributed by atoms with Crippen LogP contribution in [0.4, 0.5) is 0 Å². The molecule has 0 saturated carbocycles. The predicted octanol–water partition coefficient (Wildman–Crippen LogP) is 3.67. The largest absolute Gasteiger partial charge is 0.377 e. The first-order chi connectivity index (χ1) is 13.3. The zero-order chi connectivity index (χ0) is 18.5. The van der Waals surface area contributed by atoms with Gasteiger partial charge in [0.25, 0.3) is 0 Å². The Morgan fingerprint density at radius 2 is 2.04 bits per heavy atom. The number of hydrogen-bond donors (Lipinski definition) is 1. The Kier molecular flexibility index (Phi) is 6.25. The first-order valence-corrected chi connectivity index (χ1v) is 10.7. The number of nitrogens with one attached hydrogen (secondary N) is 1. The highest BCUT2D eigenvalue weighted by Gasteiger charge is 2.35. The Morgan fingerprint density at radius 3 is 2.85 bits per heavy atom. The summed E-state index contributed by atoms with van der Waals surface area (Å²) < 4.78 is 5.47. The molecule has 1 amide bonds. The molecule has 0 radical (unpaired) electrons. The van der Waals surface area contributed by atoms with Gasteiger partial charge in [0, 0.05) is 19.0 Å². The number of carbonyl (C=O) groups is 1. The molecule has 1 aromatic carbocycles. The van der Waals surface area contributed by atoms with Crippen LogP contribution in [-0.2, 0) is 16.0 Å². The zero-order valence-electron chi connectivity index (χ0n) is 16.2. The van der Waals surface area contributed by atoms with Gasteiger partial charge in [0.05, 0.1) is 19.4 Å². The maximum Gasteiger partial charge on any atom is 0.221 e. The molecule has 4 heteroatoms. The van der Waals surface area contributed by atoms with E-state index in [1.54, 1.807) is 0 Å². The molecule has 3 aliphatic heterocycles. The molecule has 4 nitrogen and oxygen atoms in total. The molecule has 2 unspecified atom stereocenters. The Bertz CT molecular complexity index is 658. The van der Waals surface area contributed by atoms with Gasteiger partial charge in [0.2, 0.25) is 5.91 Å². The van der Waals surface area contributed by atoms with Crippen molar-refractivity contribution in [1.29, 1.82) is 0 Å². The van der Waals surface area contributed by atoms with Crippen LogP contribution in [0.5, 0.6) is 0 Å². The minimum absolute atomic E-state index is 0.173. The summed E-state index contributed by atoms with van der Waals surface area (Å²) in [7, 11) is 0. The molecule has 3 aliphatic rings. The molecule has 1 N–H and O–H groups in total. The van der Waals surface area contributed by atoms with Gasteiger partial charge < -0.3 is 10.1 Å². The van der Waals surface area contributed by atoms with Gasteiger partial charge in [0.1, 0.15) is 0 Å². The van der Waals surface area contributed by atoms with Crippen molar-refractivity contribution in [2.75, 3.05) is 19.8 Å². The second-order valence-corrected chi connectivity index (χ2v) is 8.25. The molecular weight excluding hydrogens is 336 g/mol. The molecule has 2 fully saturated rings. The molecule has 0 bridgehead atoms. The summed E-state index contributed by atoms with van der Waals surface area (Å²) in [5, 5.41) is 3.33. The van der Waals surface area contributed by atoms with Gasteiger partial charge in [0.15, 0.2) is 0 Å². The van der Waals surface area contributed by atoms with Crippen LogP contribution >= 0.6 is 0 Å². The van der Waals surface area contributed by atoms with Gasteiger partial charge in [-0.15, -0.1) is 0 Å². The van der Waals surface area contributed by atoms with E-state index in [0.717, 1.165) is 32.4 Å². The van der Waals surface area contributed by atoms with Crippen molar-refractivity contribution in [1.82, 2.24) is 10.2 Å². The maximum absolute atomic E-state index is 12.5. The molecular formula is C23H32N2O2. The lowest BCUT2D eigenvalue weighted by molar-refractivity contribution is -0.127. The molecule has 27 heavy (non-hydrogen) atoms. The summed E-state index contributed by atoms with van der Waals surface area (Å²) in [6.07, 6.45) is 11.2. The lowest BCUT2D eigenvalue weighted by atomic mass is 9.84. The Hall–Kier alpha value is -1.65. The highest BCUT2D eigenvalue weighted by Crippen LogP contribution is 2.32. The Morgan fingerprint density at radius 1 is 1.15 bits per heavy atom. The van der Waals surface area contributed by atoms with Crippen molar-refractivity contribution in [2.45, 2.75) is 63.6 Å². The third kappa shape index (κ3) is 4.80. The number of hydrogen-bond acceptors (Lipinski definition) is 3. The first kappa shape index (κ1) is 18.7. The average molecular weight is 369 g/mol. The fraction of sp³-hybridized carbons (Fsp3) is 0.609. The van der Waals surface area contributed by atoms with E-state index in [0.29, 0.717) is 25.0 Å². The Balaban J connectivity index is 1.50. The summed E-state index contributed by atoms with van der Waals surface area (Å²) in [5.74, 6) is 0.597. The summed E-state index contributed by atoms with van der Waals surface area (Å²) in [5.41, 5.74) is 2.84. The fourth-order valence-electron chi connectivity index (χ4n) is 5.01. The summed E-state index contributed by atoms with van der Waals surface area (Å²) >= 11 is 0. The quantitative estimate of drug-likeness (QED) is 0.825. The first-order valence-electron chi connectivity index (χ1n) is 10.7. The molecule has 2 saturated heterocycles. The minimum Gasteiger partial charge on any atom is -0.377 e. The van der Waals surface area contributed by atoms with Crippen LogP contribution in [0.3, 0.4) is 0 Å². The normalized spacial score (nSPS) is 30.3. The third-order valence-electron chi connectivity index (χ3n) is 6.43. The summed E-state index contributed by atoms with van der Waals surface area (Å²) in [6.45, 7) is 2.60. The third-order valence-corrected chi connectivity index (χ3v) is 6.43. The van der Waals surface area contributed by atoms with Crippen molar-refractivity contribution >= 4 is 5.91 Å². The van der Waals surface area contributed by atoms with Gasteiger partial charge >= 0.3 is 0 Å². The number of carbonyl (C=O) groups excluding carboxylic acids is 1. The van der Waals surface area contributed by atoms with Crippen LogP contribution in [0.25, 0.3) is 0 Å². The van der Waals surface area contributed by atoms with Crippen molar-refractivity contribution < 1.29 is 9.53 Å². The summed E-state index contributed by atoms with van der Waals surface area (Å²) in [4.78, 5) is 15.1. The van der Waals surface area contributed by atoms with Gasteiger partial charge in [-0.3, -0.25) is 9.69 Å². The molecule has 3 atom stereocenters. The average Bonchev–Trinajstić information content (AvgIpc) is 2.94. The molecule has 4 rings (SSSR count). The van der Waals surface area contributed by atoms with Crippen LogP contribution in [0.15, 0.2) is 42.0 Å². The topological polar surface area (TPSA) is 41.6 Å². The second-order valence-electron chi connectivity index (χ2n) is 8.25. The fourth-order valence-corrected chi connectivity index (χ4v) is 5.01. The van der Waals surface area contributed by atoms with Crippen LogP contribution < -0.4 is 5.32 Å². The molecule has 3 heterocycles. The second kappa shape index (κ2) is 9.03. The number of piperidine rings is 1. The molecule has 146 valence electrons. The number of nitrogens with zero attached hydrogens (tertiary/aromatic N) is 1. The molecule has 1 aromatic rings. The van der Waals surface area contributed by atoms with Crippen molar-refractivity contribution in [3.05, 3.63) is 47.5 Å². The number of likely N-dealkylation sites (tertiary alicyclic amines) is 1. The van der Waals surface area contributed by atoms with Crippen LogP contribution in [0.2, 0.25) is 0 Å². The number of rotatable bonds is 4. The lowest BCUT2D eigenvalue weighted by Gasteiger charge is -2.42. The molecule has 0 aliphatic carbocycles. The maximum atomic E-state index is 12.5. The Labute approximate surface area is 163 Å². The molecule has 0 spiro atoms. The highest BCUT2D eigenvalue weighted by molar-refractivity contribution is 5.77. The van der Waals surface area contributed by atoms with Crippen LogP contribution in [-0.4, -0.2) is 42.8 Å². The number of ether oxygens (including phenoxy) is 1. The van der Waals surface area contributed by atoms with E-state index in [1.807, 2.05) is 0 Å². The SMILES string of the molecule is O=C1CC(C2=CCOCC2)CC(N2CCCCC[C@@H]2Cc2ccccc2)N1. The van der Waals surface area contributed by atoms with Crippen LogP contribution in [0, 0.1) is 5.92 Å². The number of benzene rings is 1.